The normalized spacial score (nSPS) is 25.7. The number of benzene rings is 1. The zero-order chi connectivity index (χ0) is 26.0. The second kappa shape index (κ2) is 10.9. The van der Waals surface area contributed by atoms with E-state index in [-0.39, 0.29) is 42.3 Å². The van der Waals surface area contributed by atoms with E-state index < -0.39 is 18.2 Å². The molecule has 0 aromatic heterocycles. The predicted molar refractivity (Wildman–Crippen MR) is 137 cm³/mol. The number of fused-ring (bicyclic) bond motifs is 1. The van der Waals surface area contributed by atoms with Crippen molar-refractivity contribution < 1.29 is 23.9 Å². The highest BCUT2D eigenvalue weighted by molar-refractivity contribution is 5.99. The number of amides is 2. The van der Waals surface area contributed by atoms with Crippen LogP contribution in [0.15, 0.2) is 24.3 Å². The molecular formula is C27H40N4O5. The highest BCUT2D eigenvalue weighted by Gasteiger charge is 2.53. The van der Waals surface area contributed by atoms with Crippen molar-refractivity contribution in [2.75, 3.05) is 57.9 Å². The summed E-state index contributed by atoms with van der Waals surface area (Å²) >= 11 is 0. The third-order valence-electron chi connectivity index (χ3n) is 7.46. The van der Waals surface area contributed by atoms with Gasteiger partial charge in [-0.05, 0) is 42.6 Å². The Morgan fingerprint density at radius 1 is 1.14 bits per heavy atom. The number of likely N-dealkylation sites (tertiary alicyclic amines) is 1. The molecule has 1 aromatic carbocycles. The first-order chi connectivity index (χ1) is 17.1. The minimum atomic E-state index is -0.760. The summed E-state index contributed by atoms with van der Waals surface area (Å²) in [6, 6.07) is 6.16. The molecule has 198 valence electrons. The number of anilines is 1. The Morgan fingerprint density at radius 2 is 1.81 bits per heavy atom. The van der Waals surface area contributed by atoms with Crippen molar-refractivity contribution in [2.24, 2.45) is 5.41 Å². The van der Waals surface area contributed by atoms with E-state index in [0.29, 0.717) is 12.0 Å². The maximum absolute atomic E-state index is 13.7. The quantitative estimate of drug-likeness (QED) is 0.608. The molecular weight excluding hydrogens is 460 g/mol. The first-order valence-corrected chi connectivity index (χ1v) is 13.0. The molecule has 0 spiro atoms. The Kier molecular flexibility index (Phi) is 8.02. The van der Waals surface area contributed by atoms with E-state index >= 15 is 0 Å². The summed E-state index contributed by atoms with van der Waals surface area (Å²) in [6.07, 6.45) is -0.370. The predicted octanol–water partition coefficient (Wildman–Crippen LogP) is 1.56. The molecule has 3 aliphatic rings. The van der Waals surface area contributed by atoms with Crippen LogP contribution in [0, 0.1) is 5.41 Å². The average Bonchev–Trinajstić information content (AvgIpc) is 3.43. The van der Waals surface area contributed by atoms with Crippen LogP contribution in [0.4, 0.5) is 5.69 Å². The van der Waals surface area contributed by atoms with Gasteiger partial charge < -0.3 is 29.5 Å². The fourth-order valence-electron chi connectivity index (χ4n) is 5.45. The molecule has 4 rings (SSSR count). The summed E-state index contributed by atoms with van der Waals surface area (Å²) in [5.41, 5.74) is 1.39. The van der Waals surface area contributed by atoms with E-state index in [9.17, 15) is 14.4 Å². The smallest absolute Gasteiger partial charge is 0.251 e. The van der Waals surface area contributed by atoms with Gasteiger partial charge in [-0.15, -0.1) is 0 Å². The van der Waals surface area contributed by atoms with E-state index in [0.717, 1.165) is 38.4 Å². The molecule has 9 heteroatoms. The molecule has 2 amide bonds. The molecule has 3 aliphatic heterocycles. The highest BCUT2D eigenvalue weighted by atomic mass is 16.5. The topological polar surface area (TPSA) is 91.4 Å². The largest absolute Gasteiger partial charge is 0.377 e. The van der Waals surface area contributed by atoms with Gasteiger partial charge in [0.05, 0.1) is 6.54 Å². The van der Waals surface area contributed by atoms with Crippen molar-refractivity contribution in [3.8, 4) is 0 Å². The lowest BCUT2D eigenvalue weighted by molar-refractivity contribution is -0.138. The van der Waals surface area contributed by atoms with Crippen molar-refractivity contribution in [1.82, 2.24) is 15.1 Å². The number of piperazine rings is 1. The minimum absolute atomic E-state index is 0.0187. The van der Waals surface area contributed by atoms with Crippen molar-refractivity contribution in [3.63, 3.8) is 0 Å². The summed E-state index contributed by atoms with van der Waals surface area (Å²) in [4.78, 5) is 45.7. The maximum Gasteiger partial charge on any atom is 0.251 e. The number of carbonyl (C=O) groups is 3. The molecule has 4 atom stereocenters. The van der Waals surface area contributed by atoms with Gasteiger partial charge in [-0.2, -0.15) is 0 Å². The third kappa shape index (κ3) is 5.74. The molecule has 0 aliphatic carbocycles. The second-order valence-corrected chi connectivity index (χ2v) is 11.2. The van der Waals surface area contributed by atoms with E-state index in [4.69, 9.17) is 9.47 Å². The number of methoxy groups -OCH3 is 1. The molecule has 0 radical (unpaired) electrons. The summed E-state index contributed by atoms with van der Waals surface area (Å²) in [7, 11) is 1.56. The number of carbonyl (C=O) groups excluding carboxylic acids is 3. The zero-order valence-corrected chi connectivity index (χ0v) is 22.2. The van der Waals surface area contributed by atoms with Crippen LogP contribution in [0.1, 0.15) is 44.5 Å². The van der Waals surface area contributed by atoms with Gasteiger partial charge in [0.2, 0.25) is 5.91 Å². The molecule has 0 bridgehead atoms. The number of hydrogen-bond donors (Lipinski definition) is 1. The van der Waals surface area contributed by atoms with Gasteiger partial charge in [0.1, 0.15) is 30.9 Å². The number of nitrogens with one attached hydrogen (secondary N) is 1. The Balaban J connectivity index is 1.46. The van der Waals surface area contributed by atoms with Gasteiger partial charge in [0.25, 0.3) is 5.91 Å². The van der Waals surface area contributed by atoms with E-state index in [1.165, 1.54) is 0 Å². The van der Waals surface area contributed by atoms with E-state index in [1.807, 2.05) is 45.0 Å². The highest BCUT2D eigenvalue weighted by Crippen LogP contribution is 2.31. The Bertz CT molecular complexity index is 952. The molecule has 3 fully saturated rings. The molecule has 3 saturated heterocycles. The molecule has 1 aromatic rings. The van der Waals surface area contributed by atoms with Crippen LogP contribution >= 0.6 is 0 Å². The number of Topliss-reactive ketones (excluding diaryl/α,β-unsaturated/α-hetero) is 1. The number of rotatable bonds is 7. The fraction of sp³-hybridized carbons (Fsp3) is 0.667. The maximum atomic E-state index is 13.7. The van der Waals surface area contributed by atoms with Crippen LogP contribution in [-0.4, -0.2) is 105 Å². The standard InChI is InChI=1S/C27H40N4O5/c1-6-29-11-13-30(14-12-29)19-9-7-18(8-10-19)25(33)28-20(15-27(2,3)4)26(34)31-16-22(35-5)24-23(31)21(32)17-36-24/h7-10,20,22-24H,6,11-17H2,1-5H3,(H,28,33)/t20?,22-,23-,24-/m1/s1. The second-order valence-electron chi connectivity index (χ2n) is 11.2. The van der Waals surface area contributed by atoms with Gasteiger partial charge in [0, 0.05) is 44.5 Å². The van der Waals surface area contributed by atoms with Gasteiger partial charge in [-0.3, -0.25) is 14.4 Å². The lowest BCUT2D eigenvalue weighted by Gasteiger charge is -2.35. The van der Waals surface area contributed by atoms with Crippen molar-refractivity contribution in [1.29, 1.82) is 0 Å². The van der Waals surface area contributed by atoms with Crippen LogP contribution in [0.3, 0.4) is 0 Å². The molecule has 36 heavy (non-hydrogen) atoms. The summed E-state index contributed by atoms with van der Waals surface area (Å²) in [5.74, 6) is -0.686. The molecule has 0 saturated carbocycles. The van der Waals surface area contributed by atoms with Crippen LogP contribution in [-0.2, 0) is 19.1 Å². The van der Waals surface area contributed by atoms with Crippen molar-refractivity contribution >= 4 is 23.3 Å². The number of ketones is 1. The number of likely N-dealkylation sites (N-methyl/N-ethyl adjacent to an activating group) is 1. The minimum Gasteiger partial charge on any atom is -0.377 e. The number of hydrogen-bond acceptors (Lipinski definition) is 7. The third-order valence-corrected chi connectivity index (χ3v) is 7.46. The first kappa shape index (κ1) is 26.6. The van der Waals surface area contributed by atoms with Crippen LogP contribution in [0.2, 0.25) is 0 Å². The molecule has 9 nitrogen and oxygen atoms in total. The molecule has 1 unspecified atom stereocenters. The Morgan fingerprint density at radius 3 is 2.39 bits per heavy atom. The Labute approximate surface area is 214 Å². The first-order valence-electron chi connectivity index (χ1n) is 13.0. The lowest BCUT2D eigenvalue weighted by atomic mass is 9.87. The number of nitrogens with zero attached hydrogens (tertiary/aromatic N) is 3. The number of ether oxygens (including phenoxy) is 2. The average molecular weight is 501 g/mol. The summed E-state index contributed by atoms with van der Waals surface area (Å²) in [5, 5.41) is 2.96. The summed E-state index contributed by atoms with van der Waals surface area (Å²) < 4.78 is 11.1. The van der Waals surface area contributed by atoms with Crippen molar-refractivity contribution in [2.45, 2.75) is 58.4 Å². The van der Waals surface area contributed by atoms with E-state index in [1.54, 1.807) is 12.0 Å². The van der Waals surface area contributed by atoms with Crippen LogP contribution in [0.5, 0.6) is 0 Å². The van der Waals surface area contributed by atoms with Crippen LogP contribution in [0.25, 0.3) is 0 Å². The monoisotopic (exact) mass is 500 g/mol. The molecule has 3 heterocycles. The van der Waals surface area contributed by atoms with Gasteiger partial charge in [-0.1, -0.05) is 27.7 Å². The van der Waals surface area contributed by atoms with Crippen molar-refractivity contribution in [3.05, 3.63) is 29.8 Å². The van der Waals surface area contributed by atoms with Gasteiger partial charge in [-0.25, -0.2) is 0 Å². The Hall–Kier alpha value is -2.49. The fourth-order valence-corrected chi connectivity index (χ4v) is 5.45. The van der Waals surface area contributed by atoms with Gasteiger partial charge in [0.15, 0.2) is 5.78 Å². The summed E-state index contributed by atoms with van der Waals surface area (Å²) in [6.45, 7) is 13.6. The van der Waals surface area contributed by atoms with Crippen LogP contribution < -0.4 is 10.2 Å². The SMILES string of the molecule is CCN1CCN(c2ccc(C(=O)NC(CC(C)(C)C)C(=O)N3C[C@@H](OC)[C@H]4OCC(=O)[C@H]43)cc2)CC1. The van der Waals surface area contributed by atoms with E-state index in [2.05, 4.69) is 22.0 Å². The van der Waals surface area contributed by atoms with Gasteiger partial charge >= 0.3 is 0 Å². The lowest BCUT2D eigenvalue weighted by Crippen LogP contribution is -2.53. The zero-order valence-electron chi connectivity index (χ0n) is 22.2. The molecule has 1 N–H and O–H groups in total.